The van der Waals surface area contributed by atoms with Crippen molar-refractivity contribution in [3.05, 3.63) is 29.6 Å². The van der Waals surface area contributed by atoms with E-state index < -0.39 is 6.10 Å². The van der Waals surface area contributed by atoms with Crippen LogP contribution >= 0.6 is 0 Å². The van der Waals surface area contributed by atoms with Crippen molar-refractivity contribution in [3.8, 4) is 0 Å². The smallest absolute Gasteiger partial charge is 0.253 e. The number of amides is 1. The first kappa shape index (κ1) is 18.3. The molecule has 1 spiro atoms. The van der Waals surface area contributed by atoms with Crippen molar-refractivity contribution in [2.75, 3.05) is 20.7 Å². The van der Waals surface area contributed by atoms with Crippen LogP contribution in [0.5, 0.6) is 0 Å². The van der Waals surface area contributed by atoms with E-state index in [0.717, 1.165) is 24.9 Å². The highest BCUT2D eigenvalue weighted by atomic mass is 16.5. The van der Waals surface area contributed by atoms with Gasteiger partial charge in [-0.3, -0.25) is 9.78 Å². The number of hydrogen-bond donors (Lipinski definition) is 2. The number of carbonyl (C=O) groups is 1. The van der Waals surface area contributed by atoms with Gasteiger partial charge >= 0.3 is 0 Å². The fraction of sp³-hybridized carbons (Fsp3) is 0.684. The third-order valence-electron chi connectivity index (χ3n) is 5.69. The third kappa shape index (κ3) is 3.43. The molecule has 2 N–H and O–H groups in total. The van der Waals surface area contributed by atoms with E-state index in [0.29, 0.717) is 24.1 Å². The van der Waals surface area contributed by atoms with Crippen LogP contribution in [0.2, 0.25) is 0 Å². The standard InChI is InChI=1S/C19H29N3O3/c1-12(2)17-19(11-22(17)3)6-15(16(23)7-19)21-18(24)14-5-13(10-25-4)8-20-9-14/h5,8-9,12,15-17,23H,6-7,10-11H2,1-4H3,(H,21,24)/t15-,16-,17?,19?/m1/s1. The lowest BCUT2D eigenvalue weighted by molar-refractivity contribution is -0.0827. The molecule has 6 heteroatoms. The summed E-state index contributed by atoms with van der Waals surface area (Å²) in [6, 6.07) is 2.06. The molecule has 6 nitrogen and oxygen atoms in total. The van der Waals surface area contributed by atoms with Gasteiger partial charge in [-0.1, -0.05) is 13.8 Å². The topological polar surface area (TPSA) is 74.7 Å². The molecule has 25 heavy (non-hydrogen) atoms. The van der Waals surface area contributed by atoms with Gasteiger partial charge in [0.05, 0.1) is 24.3 Å². The summed E-state index contributed by atoms with van der Waals surface area (Å²) in [5.74, 6) is 0.357. The Labute approximate surface area is 149 Å². The Morgan fingerprint density at radius 2 is 2.24 bits per heavy atom. The second-order valence-electron chi connectivity index (χ2n) is 8.04. The molecule has 2 fully saturated rings. The van der Waals surface area contributed by atoms with Crippen molar-refractivity contribution in [1.82, 2.24) is 15.2 Å². The van der Waals surface area contributed by atoms with Crippen LogP contribution in [0.4, 0.5) is 0 Å². The number of nitrogens with zero attached hydrogens (tertiary/aromatic N) is 2. The Hall–Kier alpha value is -1.50. The van der Waals surface area contributed by atoms with E-state index >= 15 is 0 Å². The molecule has 1 aliphatic heterocycles. The van der Waals surface area contributed by atoms with Crippen LogP contribution < -0.4 is 5.32 Å². The van der Waals surface area contributed by atoms with Crippen LogP contribution in [0.3, 0.4) is 0 Å². The summed E-state index contributed by atoms with van der Waals surface area (Å²) in [6.45, 7) is 5.87. The number of carbonyl (C=O) groups excluding carboxylic acids is 1. The highest BCUT2D eigenvalue weighted by Crippen LogP contribution is 2.52. The molecule has 1 saturated heterocycles. The van der Waals surface area contributed by atoms with Gasteiger partial charge in [0, 0.05) is 37.5 Å². The minimum atomic E-state index is -0.492. The number of aromatic nitrogens is 1. The van der Waals surface area contributed by atoms with E-state index in [-0.39, 0.29) is 17.4 Å². The van der Waals surface area contributed by atoms with Crippen LogP contribution in [0.1, 0.15) is 42.6 Å². The first-order valence-electron chi connectivity index (χ1n) is 8.98. The fourth-order valence-corrected chi connectivity index (χ4v) is 5.10. The summed E-state index contributed by atoms with van der Waals surface area (Å²) >= 11 is 0. The van der Waals surface area contributed by atoms with Crippen molar-refractivity contribution in [2.24, 2.45) is 11.3 Å². The molecule has 1 saturated carbocycles. The zero-order valence-corrected chi connectivity index (χ0v) is 15.5. The van der Waals surface area contributed by atoms with Gasteiger partial charge in [0.2, 0.25) is 0 Å². The molecule has 138 valence electrons. The first-order chi connectivity index (χ1) is 11.9. The van der Waals surface area contributed by atoms with Crippen molar-refractivity contribution in [1.29, 1.82) is 0 Å². The lowest BCUT2D eigenvalue weighted by Crippen LogP contribution is -2.64. The summed E-state index contributed by atoms with van der Waals surface area (Å²) < 4.78 is 5.09. The van der Waals surface area contributed by atoms with Gasteiger partial charge in [0.1, 0.15) is 0 Å². The number of pyridine rings is 1. The number of rotatable bonds is 5. The predicted octanol–water partition coefficient (Wildman–Crippen LogP) is 1.44. The van der Waals surface area contributed by atoms with Crippen molar-refractivity contribution in [3.63, 3.8) is 0 Å². The van der Waals surface area contributed by atoms with E-state index in [1.807, 2.05) is 0 Å². The molecule has 1 aromatic rings. The van der Waals surface area contributed by atoms with Crippen LogP contribution in [0, 0.1) is 11.3 Å². The van der Waals surface area contributed by atoms with Crippen molar-refractivity contribution >= 4 is 5.91 Å². The normalized spacial score (nSPS) is 32.2. The minimum absolute atomic E-state index is 0.121. The predicted molar refractivity (Wildman–Crippen MR) is 95.1 cm³/mol. The maximum atomic E-state index is 12.6. The fourth-order valence-electron chi connectivity index (χ4n) is 5.10. The van der Waals surface area contributed by atoms with Gasteiger partial charge in [-0.2, -0.15) is 0 Å². The van der Waals surface area contributed by atoms with Gasteiger partial charge in [0.15, 0.2) is 0 Å². The number of hydrogen-bond acceptors (Lipinski definition) is 5. The maximum Gasteiger partial charge on any atom is 0.253 e. The summed E-state index contributed by atoms with van der Waals surface area (Å²) in [7, 11) is 3.75. The number of ether oxygens (including phenoxy) is 1. The second kappa shape index (κ2) is 7.02. The van der Waals surface area contributed by atoms with E-state index in [2.05, 4.69) is 36.1 Å². The van der Waals surface area contributed by atoms with Gasteiger partial charge in [0.25, 0.3) is 5.91 Å². The Bertz CT molecular complexity index is 631. The lowest BCUT2D eigenvalue weighted by Gasteiger charge is -2.57. The molecule has 1 amide bonds. The average Bonchev–Trinajstić information content (AvgIpc) is 2.84. The number of nitrogens with one attached hydrogen (secondary N) is 1. The third-order valence-corrected chi connectivity index (χ3v) is 5.69. The number of aliphatic hydroxyl groups excluding tert-OH is 1. The number of likely N-dealkylation sites (tertiary alicyclic amines) is 1. The van der Waals surface area contributed by atoms with Gasteiger partial charge in [-0.25, -0.2) is 0 Å². The van der Waals surface area contributed by atoms with Crippen LogP contribution in [-0.2, 0) is 11.3 Å². The first-order valence-corrected chi connectivity index (χ1v) is 8.98. The lowest BCUT2D eigenvalue weighted by atomic mass is 9.66. The summed E-state index contributed by atoms with van der Waals surface area (Å²) in [6.07, 6.45) is 4.34. The summed E-state index contributed by atoms with van der Waals surface area (Å²) in [5, 5.41) is 13.6. The van der Waals surface area contributed by atoms with Crippen LogP contribution in [0.15, 0.2) is 18.5 Å². The molecule has 0 aromatic carbocycles. The average molecular weight is 347 g/mol. The van der Waals surface area contributed by atoms with Crippen LogP contribution in [-0.4, -0.2) is 59.8 Å². The molecule has 4 atom stereocenters. The van der Waals surface area contributed by atoms with Gasteiger partial charge in [-0.05, 0) is 37.4 Å². The highest BCUT2D eigenvalue weighted by Gasteiger charge is 2.58. The molecule has 0 radical (unpaired) electrons. The highest BCUT2D eigenvalue weighted by molar-refractivity contribution is 5.94. The van der Waals surface area contributed by atoms with Crippen molar-refractivity contribution < 1.29 is 14.6 Å². The Balaban J connectivity index is 1.67. The second-order valence-corrected chi connectivity index (χ2v) is 8.04. The zero-order chi connectivity index (χ0) is 18.2. The number of aliphatic hydroxyl groups is 1. The molecular weight excluding hydrogens is 318 g/mol. The molecule has 1 aromatic heterocycles. The summed E-state index contributed by atoms with van der Waals surface area (Å²) in [4.78, 5) is 19.1. The molecule has 3 rings (SSSR count). The van der Waals surface area contributed by atoms with E-state index in [9.17, 15) is 9.90 Å². The molecule has 2 unspecified atom stereocenters. The van der Waals surface area contributed by atoms with E-state index in [1.54, 1.807) is 25.6 Å². The monoisotopic (exact) mass is 347 g/mol. The molecule has 2 heterocycles. The minimum Gasteiger partial charge on any atom is -0.391 e. The Morgan fingerprint density at radius 1 is 1.48 bits per heavy atom. The van der Waals surface area contributed by atoms with Gasteiger partial charge in [-0.15, -0.1) is 0 Å². The largest absolute Gasteiger partial charge is 0.391 e. The maximum absolute atomic E-state index is 12.6. The zero-order valence-electron chi connectivity index (χ0n) is 15.5. The quantitative estimate of drug-likeness (QED) is 0.843. The molecular formula is C19H29N3O3. The van der Waals surface area contributed by atoms with Crippen molar-refractivity contribution in [2.45, 2.75) is 51.5 Å². The molecule has 0 bridgehead atoms. The molecule has 2 aliphatic rings. The van der Waals surface area contributed by atoms with Crippen LogP contribution in [0.25, 0.3) is 0 Å². The van der Waals surface area contributed by atoms with E-state index in [4.69, 9.17) is 4.74 Å². The van der Waals surface area contributed by atoms with Gasteiger partial charge < -0.3 is 20.1 Å². The molecule has 1 aliphatic carbocycles. The Kier molecular flexibility index (Phi) is 5.14. The summed E-state index contributed by atoms with van der Waals surface area (Å²) in [5.41, 5.74) is 1.49. The van der Waals surface area contributed by atoms with E-state index in [1.165, 1.54) is 0 Å². The SMILES string of the molecule is COCc1cncc(C(=O)N[C@@H]2CC3(C[C@H]2O)CN(C)C3C(C)C)c1. The Morgan fingerprint density at radius 3 is 2.88 bits per heavy atom. The number of methoxy groups -OCH3 is 1.